The van der Waals surface area contributed by atoms with E-state index in [0.717, 1.165) is 0 Å². The quantitative estimate of drug-likeness (QED) is 0.820. The molecule has 1 aliphatic heterocycles. The van der Waals surface area contributed by atoms with Gasteiger partial charge in [0, 0.05) is 30.8 Å². The maximum Gasteiger partial charge on any atom is 0.308 e. The largest absolute Gasteiger partial charge is 0.493 e. The van der Waals surface area contributed by atoms with E-state index >= 15 is 0 Å². The van der Waals surface area contributed by atoms with Crippen LogP contribution in [0, 0.1) is 5.92 Å². The summed E-state index contributed by atoms with van der Waals surface area (Å²) in [6.07, 6.45) is 1.40. The van der Waals surface area contributed by atoms with Gasteiger partial charge in [0.05, 0.1) is 25.7 Å². The number of ether oxygens (including phenoxy) is 2. The molecule has 1 aromatic heterocycles. The summed E-state index contributed by atoms with van der Waals surface area (Å²) < 4.78 is 10.8. The zero-order valence-electron chi connectivity index (χ0n) is 15.1. The van der Waals surface area contributed by atoms with Crippen LogP contribution >= 0.6 is 0 Å². The van der Waals surface area contributed by atoms with Crippen molar-refractivity contribution in [2.75, 3.05) is 33.0 Å². The summed E-state index contributed by atoms with van der Waals surface area (Å²) in [5, 5.41) is 9.70. The van der Waals surface area contributed by atoms with Crippen molar-refractivity contribution in [3.8, 4) is 11.5 Å². The fraction of sp³-hybridized carbons (Fsp3) is 0.316. The van der Waals surface area contributed by atoms with Crippen molar-refractivity contribution in [2.24, 2.45) is 5.92 Å². The second-order valence-electron chi connectivity index (χ2n) is 6.32. The third-order valence-corrected chi connectivity index (χ3v) is 4.79. The number of nitrogens with zero attached hydrogens (tertiary/aromatic N) is 2. The first-order chi connectivity index (χ1) is 13.0. The predicted octanol–water partition coefficient (Wildman–Crippen LogP) is 1.62. The highest BCUT2D eigenvalue weighted by Gasteiger charge is 2.42. The van der Waals surface area contributed by atoms with Crippen molar-refractivity contribution in [2.45, 2.75) is 5.92 Å². The topological polar surface area (TPSA) is 115 Å². The minimum Gasteiger partial charge on any atom is -0.493 e. The van der Waals surface area contributed by atoms with E-state index in [1.165, 1.54) is 25.3 Å². The molecule has 3 N–H and O–H groups in total. The van der Waals surface area contributed by atoms with E-state index in [1.807, 2.05) is 0 Å². The molecule has 1 aliphatic rings. The number of nitrogens with two attached hydrogens (primary N) is 1. The van der Waals surface area contributed by atoms with Crippen LogP contribution in [0.4, 0.5) is 5.82 Å². The van der Waals surface area contributed by atoms with Gasteiger partial charge in [-0.25, -0.2) is 4.98 Å². The molecule has 2 aromatic rings. The van der Waals surface area contributed by atoms with Gasteiger partial charge < -0.3 is 25.2 Å². The number of likely N-dealkylation sites (tertiary alicyclic amines) is 1. The Morgan fingerprint density at radius 3 is 2.56 bits per heavy atom. The van der Waals surface area contributed by atoms with Crippen LogP contribution < -0.4 is 15.2 Å². The smallest absolute Gasteiger partial charge is 0.308 e. The van der Waals surface area contributed by atoms with Crippen LogP contribution in [0.1, 0.15) is 21.8 Å². The van der Waals surface area contributed by atoms with Crippen molar-refractivity contribution >= 4 is 17.7 Å². The lowest BCUT2D eigenvalue weighted by atomic mass is 9.88. The van der Waals surface area contributed by atoms with Crippen LogP contribution in [0.15, 0.2) is 36.5 Å². The lowest BCUT2D eigenvalue weighted by Crippen LogP contribution is -2.30. The van der Waals surface area contributed by atoms with Crippen LogP contribution in [0.3, 0.4) is 0 Å². The van der Waals surface area contributed by atoms with Crippen molar-refractivity contribution in [1.29, 1.82) is 0 Å². The maximum atomic E-state index is 12.8. The minimum absolute atomic E-state index is 0.101. The number of carboxylic acid groups (broad SMARTS) is 1. The number of carboxylic acids is 1. The third-order valence-electron chi connectivity index (χ3n) is 4.79. The lowest BCUT2D eigenvalue weighted by Gasteiger charge is -2.20. The Hall–Kier alpha value is -3.29. The van der Waals surface area contributed by atoms with Gasteiger partial charge in [-0.2, -0.15) is 0 Å². The Morgan fingerprint density at radius 1 is 1.19 bits per heavy atom. The van der Waals surface area contributed by atoms with Gasteiger partial charge >= 0.3 is 5.97 Å². The number of rotatable bonds is 5. The van der Waals surface area contributed by atoms with E-state index in [9.17, 15) is 14.7 Å². The first kappa shape index (κ1) is 18.5. The Balaban J connectivity index is 1.93. The van der Waals surface area contributed by atoms with Crippen LogP contribution in [0.25, 0.3) is 0 Å². The van der Waals surface area contributed by atoms with E-state index in [4.69, 9.17) is 15.2 Å². The predicted molar refractivity (Wildman–Crippen MR) is 98.0 cm³/mol. The number of hydrogen-bond acceptors (Lipinski definition) is 6. The molecule has 142 valence electrons. The minimum atomic E-state index is -0.962. The van der Waals surface area contributed by atoms with Gasteiger partial charge in [0.25, 0.3) is 5.91 Å². The highest BCUT2D eigenvalue weighted by Crippen LogP contribution is 2.42. The SMILES string of the molecule is COc1cccc([C@@H]2CN(C(=O)c3ccc(N)nc3)C[C@H]2C(=O)O)c1OC. The molecule has 2 heterocycles. The number of methoxy groups -OCH3 is 2. The summed E-state index contributed by atoms with van der Waals surface area (Å²) in [5.74, 6) is -1.09. The number of carbonyl (C=O) groups excluding carboxylic acids is 1. The molecular formula is C19H21N3O5. The number of pyridine rings is 1. The summed E-state index contributed by atoms with van der Waals surface area (Å²) in [6.45, 7) is 0.354. The van der Waals surface area contributed by atoms with Gasteiger partial charge in [-0.05, 0) is 18.2 Å². The van der Waals surface area contributed by atoms with E-state index in [0.29, 0.717) is 28.4 Å². The van der Waals surface area contributed by atoms with Gasteiger partial charge in [-0.1, -0.05) is 12.1 Å². The number of nitrogen functional groups attached to an aromatic ring is 1. The second-order valence-corrected chi connectivity index (χ2v) is 6.32. The van der Waals surface area contributed by atoms with E-state index in [-0.39, 0.29) is 19.0 Å². The first-order valence-electron chi connectivity index (χ1n) is 8.40. The molecule has 1 aromatic carbocycles. The highest BCUT2D eigenvalue weighted by molar-refractivity contribution is 5.95. The number of anilines is 1. The lowest BCUT2D eigenvalue weighted by molar-refractivity contribution is -0.141. The molecule has 0 unspecified atom stereocenters. The maximum absolute atomic E-state index is 12.8. The number of carbonyl (C=O) groups is 2. The van der Waals surface area contributed by atoms with E-state index in [1.54, 1.807) is 30.3 Å². The van der Waals surface area contributed by atoms with E-state index < -0.39 is 17.8 Å². The summed E-state index contributed by atoms with van der Waals surface area (Å²) in [7, 11) is 3.03. The molecule has 2 atom stereocenters. The Bertz CT molecular complexity index is 853. The van der Waals surface area contributed by atoms with Crippen LogP contribution in [-0.2, 0) is 4.79 Å². The average Bonchev–Trinajstić information content (AvgIpc) is 3.12. The van der Waals surface area contributed by atoms with Crippen molar-refractivity contribution in [1.82, 2.24) is 9.88 Å². The number of amides is 1. The van der Waals surface area contributed by atoms with Crippen LogP contribution in [0.5, 0.6) is 11.5 Å². The standard InChI is InChI=1S/C19H21N3O5/c1-26-15-5-3-4-12(17(15)27-2)13-9-22(10-14(13)19(24)25)18(23)11-6-7-16(20)21-8-11/h3-8,13-14H,9-10H2,1-2H3,(H2,20,21)(H,24,25)/t13-,14+/m0/s1. The molecule has 0 bridgehead atoms. The molecule has 27 heavy (non-hydrogen) atoms. The van der Waals surface area contributed by atoms with Crippen molar-refractivity contribution < 1.29 is 24.2 Å². The Morgan fingerprint density at radius 2 is 1.96 bits per heavy atom. The fourth-order valence-electron chi connectivity index (χ4n) is 3.45. The Labute approximate surface area is 156 Å². The number of para-hydroxylation sites is 1. The summed E-state index contributed by atoms with van der Waals surface area (Å²) in [6, 6.07) is 8.46. The molecule has 1 saturated heterocycles. The van der Waals surface area contributed by atoms with Crippen LogP contribution in [0.2, 0.25) is 0 Å². The van der Waals surface area contributed by atoms with Crippen LogP contribution in [-0.4, -0.2) is 54.2 Å². The molecule has 0 radical (unpaired) electrons. The molecule has 0 saturated carbocycles. The first-order valence-corrected chi connectivity index (χ1v) is 8.40. The molecular weight excluding hydrogens is 350 g/mol. The molecule has 0 spiro atoms. The number of aliphatic carboxylic acids is 1. The summed E-state index contributed by atoms with van der Waals surface area (Å²) >= 11 is 0. The van der Waals surface area contributed by atoms with Gasteiger partial charge in [0.15, 0.2) is 11.5 Å². The number of hydrogen-bond donors (Lipinski definition) is 2. The summed E-state index contributed by atoms with van der Waals surface area (Å²) in [4.78, 5) is 30.1. The van der Waals surface area contributed by atoms with Crippen molar-refractivity contribution in [3.63, 3.8) is 0 Å². The normalized spacial score (nSPS) is 19.0. The number of benzene rings is 1. The molecule has 3 rings (SSSR count). The number of aromatic nitrogens is 1. The fourth-order valence-corrected chi connectivity index (χ4v) is 3.45. The average molecular weight is 371 g/mol. The zero-order valence-corrected chi connectivity index (χ0v) is 15.1. The molecule has 8 nitrogen and oxygen atoms in total. The second kappa shape index (κ2) is 7.53. The monoisotopic (exact) mass is 371 g/mol. The molecule has 8 heteroatoms. The highest BCUT2D eigenvalue weighted by atomic mass is 16.5. The van der Waals surface area contributed by atoms with Gasteiger partial charge in [0.1, 0.15) is 5.82 Å². The van der Waals surface area contributed by atoms with E-state index in [2.05, 4.69) is 4.98 Å². The molecule has 0 aliphatic carbocycles. The van der Waals surface area contributed by atoms with Gasteiger partial charge in [0.2, 0.25) is 0 Å². The zero-order chi connectivity index (χ0) is 19.6. The Kier molecular flexibility index (Phi) is 5.16. The van der Waals surface area contributed by atoms with Gasteiger partial charge in [-0.15, -0.1) is 0 Å². The summed E-state index contributed by atoms with van der Waals surface area (Å²) in [5.41, 5.74) is 6.63. The third kappa shape index (κ3) is 3.51. The molecule has 1 amide bonds. The molecule has 1 fully saturated rings. The van der Waals surface area contributed by atoms with Crippen molar-refractivity contribution in [3.05, 3.63) is 47.7 Å². The van der Waals surface area contributed by atoms with Gasteiger partial charge in [-0.3, -0.25) is 9.59 Å².